The van der Waals surface area contributed by atoms with Crippen LogP contribution in [0.15, 0.2) is 65.7 Å². The van der Waals surface area contributed by atoms with Crippen LogP contribution in [0.5, 0.6) is 5.75 Å². The molecule has 1 heterocycles. The summed E-state index contributed by atoms with van der Waals surface area (Å²) in [6, 6.07) is 19.4. The Morgan fingerprint density at radius 1 is 1.11 bits per heavy atom. The molecule has 1 atom stereocenters. The molecule has 0 fully saturated rings. The molecule has 0 spiro atoms. The lowest BCUT2D eigenvalue weighted by atomic mass is 9.72. The van der Waals surface area contributed by atoms with Crippen LogP contribution in [0.4, 0.5) is 10.7 Å². The minimum atomic E-state index is -0.133. The van der Waals surface area contributed by atoms with E-state index in [1.54, 1.807) is 30.6 Å². The fourth-order valence-corrected chi connectivity index (χ4v) is 6.47. The average molecular weight is 531 g/mol. The van der Waals surface area contributed by atoms with Crippen molar-refractivity contribution in [2.24, 2.45) is 16.3 Å². The average Bonchev–Trinajstić information content (AvgIpc) is 3.25. The van der Waals surface area contributed by atoms with Gasteiger partial charge in [0.2, 0.25) is 0 Å². The van der Waals surface area contributed by atoms with Crippen LogP contribution in [0, 0.1) is 11.3 Å². The van der Waals surface area contributed by atoms with Crippen LogP contribution in [0.3, 0.4) is 0 Å². The van der Waals surface area contributed by atoms with Gasteiger partial charge >= 0.3 is 0 Å². The summed E-state index contributed by atoms with van der Waals surface area (Å²) in [5.74, 6) is 1.19. The number of carbonyl (C=O) groups is 1. The van der Waals surface area contributed by atoms with E-state index in [1.807, 2.05) is 42.6 Å². The second-order valence-corrected chi connectivity index (χ2v) is 12.1. The van der Waals surface area contributed by atoms with Gasteiger partial charge in [0.05, 0.1) is 12.7 Å². The number of methoxy groups -OCH3 is 1. The van der Waals surface area contributed by atoms with Crippen molar-refractivity contribution in [3.8, 4) is 5.75 Å². The molecule has 0 saturated heterocycles. The molecule has 1 amide bonds. The summed E-state index contributed by atoms with van der Waals surface area (Å²) in [6.45, 7) is 6.91. The SMILES string of the molecule is COc1ccc2ccccc2c1C=Nc1sc2c(c1C(=O)Nc1ccc(Cl)cc1)CC[C@@H](C(C)(C)C)C2. The smallest absolute Gasteiger partial charge is 0.259 e. The molecule has 5 rings (SSSR count). The van der Waals surface area contributed by atoms with Crippen LogP contribution in [-0.2, 0) is 12.8 Å². The number of nitrogens with zero attached hydrogens (tertiary/aromatic N) is 1. The number of amides is 1. The molecular weight excluding hydrogens is 500 g/mol. The first-order valence-electron chi connectivity index (χ1n) is 12.6. The highest BCUT2D eigenvalue weighted by atomic mass is 35.5. The maximum atomic E-state index is 13.6. The fraction of sp³-hybridized carbons (Fsp3) is 0.290. The lowest BCUT2D eigenvalue weighted by Crippen LogP contribution is -2.27. The third-order valence-corrected chi connectivity index (χ3v) is 8.68. The number of anilines is 1. The van der Waals surface area contributed by atoms with E-state index in [2.05, 4.69) is 38.2 Å². The van der Waals surface area contributed by atoms with Crippen molar-refractivity contribution in [1.29, 1.82) is 0 Å². The predicted octanol–water partition coefficient (Wildman–Crippen LogP) is 8.72. The Morgan fingerprint density at radius 2 is 1.86 bits per heavy atom. The van der Waals surface area contributed by atoms with Crippen LogP contribution in [0.25, 0.3) is 10.8 Å². The van der Waals surface area contributed by atoms with Crippen LogP contribution in [0.2, 0.25) is 5.02 Å². The highest BCUT2D eigenvalue weighted by molar-refractivity contribution is 7.16. The standard InChI is InChI=1S/C31H31ClN2O2S/c1-31(2,3)20-10-15-24-27(17-20)37-30(28(24)29(35)34-22-13-11-21(32)12-14-22)33-18-25-23-8-6-5-7-19(23)9-16-26(25)36-4/h5-9,11-14,16,18,20H,10,15,17H2,1-4H3,(H,34,35)/t20-/m1/s1. The van der Waals surface area contributed by atoms with Gasteiger partial charge in [0, 0.05) is 27.4 Å². The molecule has 0 radical (unpaired) electrons. The molecule has 1 aliphatic carbocycles. The van der Waals surface area contributed by atoms with Gasteiger partial charge in [-0.25, -0.2) is 4.99 Å². The first-order valence-corrected chi connectivity index (χ1v) is 13.8. The van der Waals surface area contributed by atoms with Gasteiger partial charge in [-0.2, -0.15) is 0 Å². The molecule has 0 unspecified atom stereocenters. The summed E-state index contributed by atoms with van der Waals surface area (Å²) in [5.41, 5.74) is 3.64. The quantitative estimate of drug-likeness (QED) is 0.262. The molecule has 6 heteroatoms. The van der Waals surface area contributed by atoms with Crippen LogP contribution >= 0.6 is 22.9 Å². The van der Waals surface area contributed by atoms with Gasteiger partial charge < -0.3 is 10.1 Å². The number of hydrogen-bond acceptors (Lipinski definition) is 4. The number of nitrogens with one attached hydrogen (secondary N) is 1. The maximum absolute atomic E-state index is 13.6. The molecular formula is C31H31ClN2O2S. The number of aliphatic imine (C=N–C) groups is 1. The molecule has 1 N–H and O–H groups in total. The third kappa shape index (κ3) is 5.29. The van der Waals surface area contributed by atoms with Crippen molar-refractivity contribution in [1.82, 2.24) is 0 Å². The third-order valence-electron chi connectivity index (χ3n) is 7.26. The molecule has 190 valence electrons. The van der Waals surface area contributed by atoms with Gasteiger partial charge in [0.25, 0.3) is 5.91 Å². The topological polar surface area (TPSA) is 50.7 Å². The van der Waals surface area contributed by atoms with Gasteiger partial charge in [-0.05, 0) is 77.3 Å². The van der Waals surface area contributed by atoms with Crippen molar-refractivity contribution in [3.05, 3.63) is 87.3 Å². The highest BCUT2D eigenvalue weighted by Crippen LogP contribution is 2.45. The molecule has 0 bridgehead atoms. The number of halogens is 1. The fourth-order valence-electron chi connectivity index (χ4n) is 5.07. The molecule has 4 nitrogen and oxygen atoms in total. The van der Waals surface area contributed by atoms with E-state index in [-0.39, 0.29) is 11.3 Å². The zero-order valence-electron chi connectivity index (χ0n) is 21.6. The minimum absolute atomic E-state index is 0.133. The van der Waals surface area contributed by atoms with Gasteiger partial charge in [-0.3, -0.25) is 4.79 Å². The Hall–Kier alpha value is -3.15. The van der Waals surface area contributed by atoms with Crippen LogP contribution < -0.4 is 10.1 Å². The van der Waals surface area contributed by atoms with E-state index in [0.29, 0.717) is 22.2 Å². The Morgan fingerprint density at radius 3 is 2.59 bits per heavy atom. The number of fused-ring (bicyclic) bond motifs is 2. The zero-order chi connectivity index (χ0) is 26.2. The lowest BCUT2D eigenvalue weighted by Gasteiger charge is -2.33. The summed E-state index contributed by atoms with van der Waals surface area (Å²) in [4.78, 5) is 19.8. The zero-order valence-corrected chi connectivity index (χ0v) is 23.2. The van der Waals surface area contributed by atoms with Crippen LogP contribution in [0.1, 0.15) is 53.6 Å². The number of hydrogen-bond donors (Lipinski definition) is 1. The van der Waals surface area contributed by atoms with Crippen molar-refractivity contribution in [3.63, 3.8) is 0 Å². The summed E-state index contributed by atoms with van der Waals surface area (Å²) >= 11 is 7.68. The second kappa shape index (κ2) is 10.3. The largest absolute Gasteiger partial charge is 0.496 e. The summed E-state index contributed by atoms with van der Waals surface area (Å²) in [7, 11) is 1.67. The van der Waals surface area contributed by atoms with Crippen LogP contribution in [-0.4, -0.2) is 19.2 Å². The van der Waals surface area contributed by atoms with E-state index < -0.39 is 0 Å². The number of carbonyl (C=O) groups excluding carboxylic acids is 1. The predicted molar refractivity (Wildman–Crippen MR) is 156 cm³/mol. The maximum Gasteiger partial charge on any atom is 0.259 e. The number of benzene rings is 3. The summed E-state index contributed by atoms with van der Waals surface area (Å²) in [6.07, 6.45) is 4.76. The molecule has 0 aliphatic heterocycles. The Labute approximate surface area is 227 Å². The normalized spacial score (nSPS) is 15.6. The summed E-state index contributed by atoms with van der Waals surface area (Å²) < 4.78 is 5.66. The van der Waals surface area contributed by atoms with Crippen molar-refractivity contribution in [2.45, 2.75) is 40.0 Å². The van der Waals surface area contributed by atoms with Gasteiger partial charge in [0.15, 0.2) is 0 Å². The lowest BCUT2D eigenvalue weighted by molar-refractivity contribution is 0.102. The molecule has 37 heavy (non-hydrogen) atoms. The number of thiophene rings is 1. The minimum Gasteiger partial charge on any atom is -0.496 e. The first-order chi connectivity index (χ1) is 17.7. The van der Waals surface area contributed by atoms with E-state index in [1.165, 1.54) is 4.88 Å². The second-order valence-electron chi connectivity index (χ2n) is 10.6. The van der Waals surface area contributed by atoms with Crippen molar-refractivity contribution in [2.75, 3.05) is 12.4 Å². The van der Waals surface area contributed by atoms with E-state index in [0.717, 1.165) is 51.9 Å². The van der Waals surface area contributed by atoms with Gasteiger partial charge in [-0.15, -0.1) is 11.3 Å². The molecule has 4 aromatic rings. The van der Waals surface area contributed by atoms with E-state index >= 15 is 0 Å². The number of rotatable bonds is 5. The van der Waals surface area contributed by atoms with Crippen molar-refractivity contribution < 1.29 is 9.53 Å². The highest BCUT2D eigenvalue weighted by Gasteiger charge is 2.33. The molecule has 3 aromatic carbocycles. The first kappa shape index (κ1) is 25.5. The number of ether oxygens (including phenoxy) is 1. The monoisotopic (exact) mass is 530 g/mol. The Balaban J connectivity index is 1.58. The molecule has 1 aromatic heterocycles. The van der Waals surface area contributed by atoms with E-state index in [9.17, 15) is 4.79 Å². The Kier molecular flexibility index (Phi) is 7.11. The molecule has 1 aliphatic rings. The van der Waals surface area contributed by atoms with Gasteiger partial charge in [0.1, 0.15) is 10.8 Å². The van der Waals surface area contributed by atoms with Crippen molar-refractivity contribution >= 4 is 56.5 Å². The van der Waals surface area contributed by atoms with E-state index in [4.69, 9.17) is 21.3 Å². The molecule has 0 saturated carbocycles. The summed E-state index contributed by atoms with van der Waals surface area (Å²) in [5, 5.41) is 6.61. The van der Waals surface area contributed by atoms with Gasteiger partial charge in [-0.1, -0.05) is 62.7 Å². The Bertz CT molecular complexity index is 1480.